The Morgan fingerprint density at radius 3 is 2.24 bits per heavy atom. The summed E-state index contributed by atoms with van der Waals surface area (Å²) in [6, 6.07) is 0. The number of nitrogens with zero attached hydrogens (tertiary/aromatic N) is 1. The van der Waals surface area contributed by atoms with E-state index in [1.54, 1.807) is 72.8 Å². The number of hydrogen-bond donors (Lipinski definition) is 8. The van der Waals surface area contributed by atoms with E-state index in [4.69, 9.17) is 14.2 Å². The van der Waals surface area contributed by atoms with E-state index in [1.807, 2.05) is 30.2 Å². The Bertz CT molecular complexity index is 1990. The lowest BCUT2D eigenvalue weighted by atomic mass is 9.78. The normalized spacial score (nSPS) is 34.2. The predicted octanol–water partition coefficient (Wildman–Crippen LogP) is 5.36. The van der Waals surface area contributed by atoms with E-state index in [2.05, 4.69) is 10.6 Å². The Morgan fingerprint density at radius 1 is 0.889 bits per heavy atom. The van der Waals surface area contributed by atoms with Gasteiger partial charge in [-0.05, 0) is 44.6 Å². The molecule has 0 saturated heterocycles. The van der Waals surface area contributed by atoms with Crippen LogP contribution in [0.4, 0.5) is 17.1 Å². The number of methoxy groups -OCH3 is 1. The Kier molecular flexibility index (Phi) is 10.6. The molecule has 0 aromatic heterocycles. The fraction of sp³-hybridized carbons (Fsp3) is 0.488. The zero-order chi connectivity index (χ0) is 39.5. The van der Waals surface area contributed by atoms with Crippen LogP contribution in [0.2, 0.25) is 0 Å². The zero-order valence-electron chi connectivity index (χ0n) is 32.2. The van der Waals surface area contributed by atoms with Crippen LogP contribution >= 0.6 is 0 Å². The van der Waals surface area contributed by atoms with Crippen molar-refractivity contribution in [2.75, 3.05) is 22.6 Å². The number of fused-ring (bicyclic) bond motifs is 2. The number of amides is 1. The molecule has 6 rings (SSSR count). The first-order valence-electron chi connectivity index (χ1n) is 18.4. The molecule has 54 heavy (non-hydrogen) atoms. The second-order valence-electron chi connectivity index (χ2n) is 15.4. The average Bonchev–Trinajstić information content (AvgIpc) is 3.64. The van der Waals surface area contributed by atoms with Crippen molar-refractivity contribution in [1.29, 1.82) is 0 Å². The van der Waals surface area contributed by atoms with E-state index in [0.717, 1.165) is 5.57 Å². The standard InChI is InChI=1S/C41H53N3O10/c1-18-13-15-44-26(17-18)42-30-27-28-36(48)24(7)38-29(27)39(50)41(8,54-38)53-16-14-25(52-9)21(4)34(46)23(6)35(47)22(5)33(45)19(2)11-10-12-20(3)40(51)43-31(32(30)44)37(28)49/h10-17,19,21-23,25-26,33-35,39,42,45-50H,1-9H3,(H,43,51). The lowest BCUT2D eigenvalue weighted by Crippen LogP contribution is -2.44. The van der Waals surface area contributed by atoms with Crippen molar-refractivity contribution >= 4 is 33.7 Å². The molecule has 0 spiro atoms. The maximum atomic E-state index is 13.8. The summed E-state index contributed by atoms with van der Waals surface area (Å²) in [7, 11) is 1.48. The highest BCUT2D eigenvalue weighted by molar-refractivity contribution is 6.20. The number of allylic oxidation sites excluding steroid dienone is 4. The number of carbonyl (C=O) groups excluding carboxylic acids is 1. The molecule has 4 aliphatic heterocycles. The molecule has 4 bridgehead atoms. The molecule has 11 atom stereocenters. The maximum Gasteiger partial charge on any atom is 0.277 e. The lowest BCUT2D eigenvalue weighted by Gasteiger charge is -2.36. The molecule has 13 nitrogen and oxygen atoms in total. The van der Waals surface area contributed by atoms with Crippen molar-refractivity contribution in [3.05, 3.63) is 71.2 Å². The van der Waals surface area contributed by atoms with Crippen molar-refractivity contribution in [3.8, 4) is 17.2 Å². The number of rotatable bonds is 1. The third-order valence-corrected chi connectivity index (χ3v) is 11.7. The molecular formula is C41H53N3O10. The molecule has 13 heteroatoms. The van der Waals surface area contributed by atoms with Crippen LogP contribution in [-0.4, -0.2) is 80.0 Å². The van der Waals surface area contributed by atoms with E-state index < -0.39 is 77.8 Å². The van der Waals surface area contributed by atoms with E-state index in [0.29, 0.717) is 16.8 Å². The Labute approximate surface area is 315 Å². The summed E-state index contributed by atoms with van der Waals surface area (Å²) < 4.78 is 18.1. The van der Waals surface area contributed by atoms with Gasteiger partial charge in [-0.15, -0.1) is 0 Å². The number of anilines is 3. The van der Waals surface area contributed by atoms with Crippen LogP contribution in [-0.2, 0) is 14.3 Å². The SMILES string of the molecule is COC1C=COC2(C)Oc3c(C)c(O)c4c(O)c(c5c(c4c3C2O)NC2C=C(C)C=CN52)NC(=O)C(C)=CC=CC(C)C(O)C(C)C(O)C(C)C(O)C1C. The molecule has 292 valence electrons. The molecule has 8 N–H and O–H groups in total. The van der Waals surface area contributed by atoms with E-state index >= 15 is 0 Å². The van der Waals surface area contributed by atoms with E-state index in [-0.39, 0.29) is 39.3 Å². The van der Waals surface area contributed by atoms with Crippen molar-refractivity contribution in [2.24, 2.45) is 23.7 Å². The largest absolute Gasteiger partial charge is 0.507 e. The number of nitrogens with one attached hydrogen (secondary N) is 2. The Balaban J connectivity index is 1.54. The molecule has 2 aromatic rings. The van der Waals surface area contributed by atoms with Gasteiger partial charge in [0.1, 0.15) is 23.4 Å². The molecule has 4 heterocycles. The van der Waals surface area contributed by atoms with Crippen LogP contribution < -0.4 is 20.3 Å². The Morgan fingerprint density at radius 2 is 1.56 bits per heavy atom. The zero-order valence-corrected chi connectivity index (χ0v) is 32.2. The molecule has 0 saturated carbocycles. The minimum atomic E-state index is -1.71. The van der Waals surface area contributed by atoms with E-state index in [9.17, 15) is 35.4 Å². The predicted molar refractivity (Wildman–Crippen MR) is 206 cm³/mol. The van der Waals surface area contributed by atoms with Gasteiger partial charge in [0.2, 0.25) is 0 Å². The summed E-state index contributed by atoms with van der Waals surface area (Å²) in [6.07, 6.45) is 7.93. The monoisotopic (exact) mass is 747 g/mol. The maximum absolute atomic E-state index is 13.8. The van der Waals surface area contributed by atoms with Gasteiger partial charge in [-0.1, -0.05) is 45.9 Å². The fourth-order valence-electron chi connectivity index (χ4n) is 8.03. The van der Waals surface area contributed by atoms with E-state index in [1.165, 1.54) is 13.4 Å². The van der Waals surface area contributed by atoms with Gasteiger partial charge in [-0.3, -0.25) is 4.79 Å². The highest BCUT2D eigenvalue weighted by Crippen LogP contribution is 2.61. The molecule has 0 radical (unpaired) electrons. The first-order chi connectivity index (χ1) is 25.4. The first-order valence-corrected chi connectivity index (χ1v) is 18.4. The van der Waals surface area contributed by atoms with Crippen LogP contribution in [0, 0.1) is 30.6 Å². The summed E-state index contributed by atoms with van der Waals surface area (Å²) in [6.45, 7) is 13.7. The van der Waals surface area contributed by atoms with Gasteiger partial charge in [0.25, 0.3) is 11.7 Å². The lowest BCUT2D eigenvalue weighted by molar-refractivity contribution is -0.181. The Hall–Kier alpha value is -4.53. The van der Waals surface area contributed by atoms with Crippen LogP contribution in [0.3, 0.4) is 0 Å². The van der Waals surface area contributed by atoms with Crippen LogP contribution in [0.25, 0.3) is 10.8 Å². The minimum Gasteiger partial charge on any atom is -0.507 e. The third-order valence-electron chi connectivity index (χ3n) is 11.7. The van der Waals surface area contributed by atoms with Crippen molar-refractivity contribution in [1.82, 2.24) is 0 Å². The molecule has 11 unspecified atom stereocenters. The quantitative estimate of drug-likeness (QED) is 0.138. The number of aliphatic hydroxyl groups excluding tert-OH is 4. The average molecular weight is 748 g/mol. The second-order valence-corrected chi connectivity index (χ2v) is 15.4. The summed E-state index contributed by atoms with van der Waals surface area (Å²) in [5.74, 6) is -5.01. The second kappa shape index (κ2) is 14.6. The molecule has 1 amide bonds. The van der Waals surface area contributed by atoms with Crippen LogP contribution in [0.5, 0.6) is 17.2 Å². The van der Waals surface area contributed by atoms with Gasteiger partial charge in [0.05, 0.1) is 47.4 Å². The first kappa shape index (κ1) is 39.2. The molecule has 0 fully saturated rings. The number of carbonyl (C=O) groups is 1. The summed E-state index contributed by atoms with van der Waals surface area (Å²) in [5, 5.41) is 76.2. The van der Waals surface area contributed by atoms with Gasteiger partial charge < -0.3 is 60.4 Å². The molecule has 0 aliphatic carbocycles. The fourth-order valence-corrected chi connectivity index (χ4v) is 8.03. The minimum absolute atomic E-state index is 0.00579. The molecule has 2 aromatic carbocycles. The van der Waals surface area contributed by atoms with Crippen molar-refractivity contribution in [3.63, 3.8) is 0 Å². The number of aliphatic hydroxyl groups is 4. The molecule has 4 aliphatic rings. The smallest absolute Gasteiger partial charge is 0.277 e. The van der Waals surface area contributed by atoms with Crippen molar-refractivity contribution < 1.29 is 49.6 Å². The van der Waals surface area contributed by atoms with Crippen molar-refractivity contribution in [2.45, 2.75) is 97.9 Å². The number of hydrogen-bond acceptors (Lipinski definition) is 12. The topological polar surface area (TPSA) is 193 Å². The van der Waals surface area contributed by atoms with Gasteiger partial charge in [-0.25, -0.2) is 0 Å². The number of ether oxygens (including phenoxy) is 3. The highest BCUT2D eigenvalue weighted by Gasteiger charge is 2.50. The molecular weight excluding hydrogens is 694 g/mol. The third kappa shape index (κ3) is 6.41. The number of phenolic OH excluding ortho intramolecular Hbond substituents is 2. The van der Waals surface area contributed by atoms with Crippen LogP contribution in [0.1, 0.15) is 65.7 Å². The van der Waals surface area contributed by atoms with Gasteiger partial charge in [0.15, 0.2) is 11.9 Å². The highest BCUT2D eigenvalue weighted by atomic mass is 16.7. The summed E-state index contributed by atoms with van der Waals surface area (Å²) in [5.41, 5.74) is 2.68. The number of aromatic hydroxyl groups is 2. The van der Waals surface area contributed by atoms with Gasteiger partial charge in [0, 0.05) is 66.0 Å². The summed E-state index contributed by atoms with van der Waals surface area (Å²) in [4.78, 5) is 15.6. The number of phenols is 2. The van der Waals surface area contributed by atoms with Crippen LogP contribution in [0.15, 0.2) is 60.1 Å². The number of benzene rings is 2. The van der Waals surface area contributed by atoms with Gasteiger partial charge >= 0.3 is 0 Å². The summed E-state index contributed by atoms with van der Waals surface area (Å²) >= 11 is 0. The van der Waals surface area contributed by atoms with Gasteiger partial charge in [-0.2, -0.15) is 0 Å².